The summed E-state index contributed by atoms with van der Waals surface area (Å²) >= 11 is 0. The molecule has 1 aromatic rings. The molecular weight excluding hydrogens is 246 g/mol. The molecule has 4 heteroatoms. The molecule has 3 aliphatic rings. The van der Waals surface area contributed by atoms with E-state index in [0.29, 0.717) is 18.8 Å². The maximum absolute atomic E-state index is 13.3. The van der Waals surface area contributed by atoms with Gasteiger partial charge in [0, 0.05) is 23.6 Å². The van der Waals surface area contributed by atoms with Gasteiger partial charge in [-0.3, -0.25) is 0 Å². The first-order valence-electron chi connectivity index (χ1n) is 7.07. The third-order valence-electron chi connectivity index (χ3n) is 5.21. The van der Waals surface area contributed by atoms with Crippen LogP contribution in [0.4, 0.5) is 14.5 Å². The van der Waals surface area contributed by atoms with Crippen LogP contribution in [-0.4, -0.2) is 12.5 Å². The predicted molar refractivity (Wildman–Crippen MR) is 70.0 cm³/mol. The molecule has 2 fully saturated rings. The third-order valence-corrected chi connectivity index (χ3v) is 5.21. The fourth-order valence-corrected chi connectivity index (χ4v) is 4.15. The fraction of sp³-hybridized carbons (Fsp3) is 0.600. The molecule has 1 aromatic carbocycles. The molecule has 0 bridgehead atoms. The number of halogens is 2. The number of fused-ring (bicyclic) bond motifs is 2. The van der Waals surface area contributed by atoms with Crippen molar-refractivity contribution >= 4 is 5.69 Å². The van der Waals surface area contributed by atoms with E-state index in [1.54, 1.807) is 0 Å². The topological polar surface area (TPSA) is 38.0 Å². The van der Waals surface area contributed by atoms with Gasteiger partial charge in [0.05, 0.1) is 0 Å². The van der Waals surface area contributed by atoms with Crippen molar-refractivity contribution in [1.29, 1.82) is 0 Å². The number of nitrogen functional groups attached to an aromatic ring is 1. The maximum Gasteiger partial charge on any atom is 0.254 e. The van der Waals surface area contributed by atoms with Gasteiger partial charge in [0.1, 0.15) is 0 Å². The highest BCUT2D eigenvalue weighted by Crippen LogP contribution is 2.67. The summed E-state index contributed by atoms with van der Waals surface area (Å²) < 4.78 is 26.6. The van der Waals surface area contributed by atoms with Crippen LogP contribution in [0.1, 0.15) is 30.0 Å². The monoisotopic (exact) mass is 264 g/mol. The quantitative estimate of drug-likeness (QED) is 0.765. The van der Waals surface area contributed by atoms with Crippen molar-refractivity contribution in [1.82, 2.24) is 5.32 Å². The molecule has 0 radical (unpaired) electrons. The lowest BCUT2D eigenvalue weighted by Crippen LogP contribution is -2.35. The smallest absolute Gasteiger partial charge is 0.254 e. The summed E-state index contributed by atoms with van der Waals surface area (Å²) in [4.78, 5) is 0. The molecule has 0 aromatic heterocycles. The molecule has 1 aliphatic heterocycles. The van der Waals surface area contributed by atoms with Crippen LogP contribution in [-0.2, 0) is 6.42 Å². The van der Waals surface area contributed by atoms with Gasteiger partial charge < -0.3 is 11.1 Å². The van der Waals surface area contributed by atoms with E-state index in [-0.39, 0.29) is 17.9 Å². The van der Waals surface area contributed by atoms with E-state index in [4.69, 9.17) is 5.73 Å². The number of hydrogen-bond donors (Lipinski definition) is 2. The van der Waals surface area contributed by atoms with Gasteiger partial charge in [-0.15, -0.1) is 0 Å². The summed E-state index contributed by atoms with van der Waals surface area (Å²) in [6.07, 6.45) is 2.31. The van der Waals surface area contributed by atoms with Crippen molar-refractivity contribution < 1.29 is 8.78 Å². The summed E-state index contributed by atoms with van der Waals surface area (Å²) in [6, 6.07) is 6.26. The normalized spacial score (nSPS) is 38.6. The highest BCUT2D eigenvalue weighted by atomic mass is 19.3. The van der Waals surface area contributed by atoms with Gasteiger partial charge in [-0.1, -0.05) is 6.07 Å². The van der Waals surface area contributed by atoms with Gasteiger partial charge in [0.25, 0.3) is 5.92 Å². The van der Waals surface area contributed by atoms with E-state index >= 15 is 0 Å². The maximum atomic E-state index is 13.3. The van der Waals surface area contributed by atoms with Crippen LogP contribution >= 0.6 is 0 Å². The van der Waals surface area contributed by atoms with Crippen LogP contribution in [0.15, 0.2) is 18.2 Å². The lowest BCUT2D eigenvalue weighted by atomic mass is 9.83. The molecule has 3 N–H and O–H groups in total. The summed E-state index contributed by atoms with van der Waals surface area (Å²) in [6.45, 7) is 0.934. The molecule has 19 heavy (non-hydrogen) atoms. The van der Waals surface area contributed by atoms with Crippen molar-refractivity contribution in [2.24, 2.45) is 17.8 Å². The number of nitrogens with two attached hydrogens (primary N) is 1. The molecule has 0 spiro atoms. The van der Waals surface area contributed by atoms with Gasteiger partial charge >= 0.3 is 0 Å². The lowest BCUT2D eigenvalue weighted by Gasteiger charge is -2.33. The number of benzene rings is 1. The van der Waals surface area contributed by atoms with E-state index in [2.05, 4.69) is 11.4 Å². The minimum Gasteiger partial charge on any atom is -0.399 e. The van der Waals surface area contributed by atoms with Gasteiger partial charge in [-0.05, 0) is 55.0 Å². The molecule has 2 saturated carbocycles. The van der Waals surface area contributed by atoms with Gasteiger partial charge in [0.2, 0.25) is 0 Å². The number of hydrogen-bond acceptors (Lipinski definition) is 2. The minimum atomic E-state index is -2.37. The molecule has 102 valence electrons. The third kappa shape index (κ3) is 1.62. The van der Waals surface area contributed by atoms with Crippen LogP contribution in [0.5, 0.6) is 0 Å². The number of alkyl halides is 2. The van der Waals surface area contributed by atoms with Crippen LogP contribution in [0.2, 0.25) is 0 Å². The van der Waals surface area contributed by atoms with Gasteiger partial charge in [-0.25, -0.2) is 8.78 Å². The van der Waals surface area contributed by atoms with Crippen molar-refractivity contribution in [2.45, 2.75) is 31.2 Å². The molecular formula is C15H18F2N2. The Bertz CT molecular complexity index is 515. The van der Waals surface area contributed by atoms with Crippen molar-refractivity contribution in [3.63, 3.8) is 0 Å². The zero-order chi connectivity index (χ0) is 13.2. The minimum absolute atomic E-state index is 0.218. The Kier molecular flexibility index (Phi) is 2.26. The average Bonchev–Trinajstić information content (AvgIpc) is 2.79. The first kappa shape index (κ1) is 11.6. The first-order chi connectivity index (χ1) is 9.07. The standard InChI is InChI=1S/C15H18F2N2/c16-15(17)12-5-9(6-13(12)15)14-11-7-10(18)2-1-8(11)3-4-19-14/h1-2,7,9,12-14,19H,3-6,18H2. The fourth-order valence-electron chi connectivity index (χ4n) is 4.15. The zero-order valence-electron chi connectivity index (χ0n) is 10.7. The van der Waals surface area contributed by atoms with Gasteiger partial charge in [0.15, 0.2) is 0 Å². The van der Waals surface area contributed by atoms with E-state index in [0.717, 1.165) is 18.7 Å². The lowest BCUT2D eigenvalue weighted by molar-refractivity contribution is 0.0592. The molecule has 3 atom stereocenters. The Morgan fingerprint density at radius 1 is 1.21 bits per heavy atom. The van der Waals surface area contributed by atoms with Crippen molar-refractivity contribution in [3.8, 4) is 0 Å². The molecule has 0 amide bonds. The van der Waals surface area contributed by atoms with E-state index in [9.17, 15) is 8.78 Å². The Morgan fingerprint density at radius 3 is 2.68 bits per heavy atom. The Balaban J connectivity index is 1.60. The second-order valence-electron chi connectivity index (χ2n) is 6.26. The first-order valence-corrected chi connectivity index (χ1v) is 7.07. The second kappa shape index (κ2) is 3.69. The summed E-state index contributed by atoms with van der Waals surface area (Å²) in [7, 11) is 0. The van der Waals surface area contributed by atoms with E-state index in [1.807, 2.05) is 12.1 Å². The molecule has 2 nitrogen and oxygen atoms in total. The van der Waals surface area contributed by atoms with Crippen molar-refractivity contribution in [3.05, 3.63) is 29.3 Å². The number of nitrogens with one attached hydrogen (secondary N) is 1. The molecule has 1 heterocycles. The summed E-state index contributed by atoms with van der Waals surface area (Å²) in [5, 5.41) is 3.51. The highest BCUT2D eigenvalue weighted by molar-refractivity contribution is 5.47. The Labute approximate surface area is 111 Å². The van der Waals surface area contributed by atoms with E-state index in [1.165, 1.54) is 11.1 Å². The van der Waals surface area contributed by atoms with Crippen LogP contribution in [0, 0.1) is 17.8 Å². The number of rotatable bonds is 1. The average molecular weight is 264 g/mol. The largest absolute Gasteiger partial charge is 0.399 e. The molecule has 4 rings (SSSR count). The van der Waals surface area contributed by atoms with Gasteiger partial charge in [-0.2, -0.15) is 0 Å². The molecule has 3 unspecified atom stereocenters. The highest BCUT2D eigenvalue weighted by Gasteiger charge is 2.71. The second-order valence-corrected chi connectivity index (χ2v) is 6.26. The zero-order valence-corrected chi connectivity index (χ0v) is 10.7. The Morgan fingerprint density at radius 2 is 1.95 bits per heavy atom. The molecule has 0 saturated heterocycles. The summed E-state index contributed by atoms with van der Waals surface area (Å²) in [5.74, 6) is -2.74. The molecule has 2 aliphatic carbocycles. The summed E-state index contributed by atoms with van der Waals surface area (Å²) in [5.41, 5.74) is 9.20. The van der Waals surface area contributed by atoms with Crippen molar-refractivity contribution in [2.75, 3.05) is 12.3 Å². The number of anilines is 1. The SMILES string of the molecule is Nc1ccc2c(c1)C(C1CC3C(C1)C3(F)F)NCC2. The predicted octanol–water partition coefficient (Wildman–Crippen LogP) is 2.75. The van der Waals surface area contributed by atoms with Crippen LogP contribution in [0.25, 0.3) is 0 Å². The van der Waals surface area contributed by atoms with Crippen LogP contribution < -0.4 is 11.1 Å². The van der Waals surface area contributed by atoms with E-state index < -0.39 is 5.92 Å². The Hall–Kier alpha value is -1.16. The van der Waals surface area contributed by atoms with Crippen LogP contribution in [0.3, 0.4) is 0 Å².